The number of hydrogen-bond acceptors (Lipinski definition) is 2. The highest BCUT2D eigenvalue weighted by Crippen LogP contribution is 1.91. The summed E-state index contributed by atoms with van der Waals surface area (Å²) in [6.45, 7) is 5.40. The summed E-state index contributed by atoms with van der Waals surface area (Å²) in [7, 11) is 2.16. The Bertz CT molecular complexity index is 56.3. The van der Waals surface area contributed by atoms with Crippen LogP contribution < -0.4 is 5.73 Å². The second-order valence-corrected chi connectivity index (χ2v) is 2.80. The highest BCUT2D eigenvalue weighted by molar-refractivity contribution is 4.50. The molecule has 0 saturated carbocycles. The molecule has 0 aromatic carbocycles. The van der Waals surface area contributed by atoms with Gasteiger partial charge in [0, 0.05) is 0 Å². The zero-order valence-corrected chi connectivity index (χ0v) is 7.27. The molecule has 0 radical (unpaired) electrons. The van der Waals surface area contributed by atoms with Crippen LogP contribution in [0.5, 0.6) is 0 Å². The van der Waals surface area contributed by atoms with E-state index in [1.54, 1.807) is 0 Å². The monoisotopic (exact) mass is 144 g/mol. The molecule has 0 spiro atoms. The Balaban J connectivity index is 3.00. The van der Waals surface area contributed by atoms with E-state index in [1.807, 2.05) is 0 Å². The van der Waals surface area contributed by atoms with Crippen LogP contribution in [0.4, 0.5) is 0 Å². The Morgan fingerprint density at radius 3 is 2.30 bits per heavy atom. The summed E-state index contributed by atoms with van der Waals surface area (Å²) in [6.07, 6.45) is 3.72. The van der Waals surface area contributed by atoms with Crippen molar-refractivity contribution in [2.24, 2.45) is 5.73 Å². The lowest BCUT2D eigenvalue weighted by molar-refractivity contribution is 0.325. The smallest absolute Gasteiger partial charge is 0.000977 e. The lowest BCUT2D eigenvalue weighted by Crippen LogP contribution is -2.22. The van der Waals surface area contributed by atoms with Crippen molar-refractivity contribution in [3.8, 4) is 0 Å². The van der Waals surface area contributed by atoms with Crippen LogP contribution in [0.3, 0.4) is 0 Å². The molecule has 2 N–H and O–H groups in total. The predicted octanol–water partition coefficient (Wildman–Crippen LogP) is 1.07. The minimum atomic E-state index is 0.816. The minimum absolute atomic E-state index is 0.816. The van der Waals surface area contributed by atoms with Gasteiger partial charge in [-0.25, -0.2) is 0 Å². The van der Waals surface area contributed by atoms with E-state index in [2.05, 4.69) is 18.9 Å². The Morgan fingerprint density at radius 2 is 1.80 bits per heavy atom. The lowest BCUT2D eigenvalue weighted by Gasteiger charge is -2.14. The zero-order chi connectivity index (χ0) is 7.82. The van der Waals surface area contributed by atoms with Gasteiger partial charge in [0.15, 0.2) is 0 Å². The summed E-state index contributed by atoms with van der Waals surface area (Å²) in [5.41, 5.74) is 5.38. The van der Waals surface area contributed by atoms with Gasteiger partial charge in [-0.1, -0.05) is 13.3 Å². The van der Waals surface area contributed by atoms with E-state index in [1.165, 1.54) is 19.4 Å². The molecule has 0 aromatic rings. The summed E-state index contributed by atoms with van der Waals surface area (Å²) >= 11 is 0. The van der Waals surface area contributed by atoms with Gasteiger partial charge in [-0.3, -0.25) is 0 Å². The Morgan fingerprint density at radius 1 is 1.20 bits per heavy atom. The average Bonchev–Trinajstić information content (AvgIpc) is 1.97. The molecule has 0 aliphatic carbocycles. The number of hydrogen-bond donors (Lipinski definition) is 1. The molecular formula is C8H20N2. The quantitative estimate of drug-likeness (QED) is 0.604. The van der Waals surface area contributed by atoms with Crippen LogP contribution in [0.25, 0.3) is 0 Å². The van der Waals surface area contributed by atoms with Gasteiger partial charge in [0.25, 0.3) is 0 Å². The maximum absolute atomic E-state index is 5.38. The van der Waals surface area contributed by atoms with Crippen molar-refractivity contribution in [1.82, 2.24) is 4.90 Å². The minimum Gasteiger partial charge on any atom is -0.330 e. The van der Waals surface area contributed by atoms with E-state index < -0.39 is 0 Å². The fraction of sp³-hybridized carbons (Fsp3) is 1.00. The van der Waals surface area contributed by atoms with E-state index in [9.17, 15) is 0 Å². The van der Waals surface area contributed by atoms with Gasteiger partial charge in [-0.2, -0.15) is 0 Å². The first-order chi connectivity index (χ1) is 4.81. The van der Waals surface area contributed by atoms with Crippen LogP contribution in [0.2, 0.25) is 0 Å². The second kappa shape index (κ2) is 7.03. The van der Waals surface area contributed by atoms with Gasteiger partial charge in [0.05, 0.1) is 0 Å². The highest BCUT2D eigenvalue weighted by Gasteiger charge is 1.94. The molecule has 0 aliphatic heterocycles. The van der Waals surface area contributed by atoms with Gasteiger partial charge < -0.3 is 10.6 Å². The van der Waals surface area contributed by atoms with E-state index in [4.69, 9.17) is 5.73 Å². The topological polar surface area (TPSA) is 29.3 Å². The maximum atomic E-state index is 5.38. The summed E-state index contributed by atoms with van der Waals surface area (Å²) in [5, 5.41) is 0. The van der Waals surface area contributed by atoms with Gasteiger partial charge in [0.2, 0.25) is 0 Å². The van der Waals surface area contributed by atoms with Crippen LogP contribution in [-0.2, 0) is 0 Å². The van der Waals surface area contributed by atoms with Crippen molar-refractivity contribution in [3.05, 3.63) is 0 Å². The van der Waals surface area contributed by atoms with E-state index in [0.29, 0.717) is 0 Å². The van der Waals surface area contributed by atoms with E-state index in [0.717, 1.165) is 19.5 Å². The SMILES string of the molecule is CCCCN(C)CCCN. The van der Waals surface area contributed by atoms with Gasteiger partial charge >= 0.3 is 0 Å². The van der Waals surface area contributed by atoms with Crippen molar-refractivity contribution in [2.75, 3.05) is 26.7 Å². The fourth-order valence-electron chi connectivity index (χ4n) is 0.901. The maximum Gasteiger partial charge on any atom is -0.000977 e. The molecule has 0 atom stereocenters. The first-order valence-corrected chi connectivity index (χ1v) is 4.20. The highest BCUT2D eigenvalue weighted by atomic mass is 15.1. The van der Waals surface area contributed by atoms with Crippen molar-refractivity contribution in [1.29, 1.82) is 0 Å². The lowest BCUT2D eigenvalue weighted by atomic mass is 10.3. The molecule has 0 aliphatic rings. The second-order valence-electron chi connectivity index (χ2n) is 2.80. The molecule has 0 rings (SSSR count). The molecule has 2 nitrogen and oxygen atoms in total. The van der Waals surface area contributed by atoms with Crippen LogP contribution in [-0.4, -0.2) is 31.6 Å². The summed E-state index contributed by atoms with van der Waals surface area (Å²) in [4.78, 5) is 2.34. The molecule has 10 heavy (non-hydrogen) atoms. The van der Waals surface area contributed by atoms with Crippen molar-refractivity contribution in [3.63, 3.8) is 0 Å². The van der Waals surface area contributed by atoms with Crippen molar-refractivity contribution in [2.45, 2.75) is 26.2 Å². The van der Waals surface area contributed by atoms with E-state index >= 15 is 0 Å². The summed E-state index contributed by atoms with van der Waals surface area (Å²) in [6, 6.07) is 0. The molecule has 0 fully saturated rings. The van der Waals surface area contributed by atoms with E-state index in [-0.39, 0.29) is 0 Å². The third kappa shape index (κ3) is 6.05. The molecule has 0 heterocycles. The Hall–Kier alpha value is -0.0800. The molecule has 0 aromatic heterocycles. The van der Waals surface area contributed by atoms with Crippen molar-refractivity contribution >= 4 is 0 Å². The van der Waals surface area contributed by atoms with Crippen LogP contribution in [0, 0.1) is 0 Å². The largest absolute Gasteiger partial charge is 0.330 e. The summed E-state index contributed by atoms with van der Waals surface area (Å²) in [5.74, 6) is 0. The fourth-order valence-corrected chi connectivity index (χ4v) is 0.901. The third-order valence-electron chi connectivity index (χ3n) is 1.64. The Kier molecular flexibility index (Phi) is 6.98. The molecule has 0 amide bonds. The molecule has 0 saturated heterocycles. The molecule has 62 valence electrons. The number of nitrogens with two attached hydrogens (primary N) is 1. The van der Waals surface area contributed by atoms with Crippen LogP contribution >= 0.6 is 0 Å². The predicted molar refractivity (Wildman–Crippen MR) is 46.1 cm³/mol. The number of unbranched alkanes of at least 4 members (excludes halogenated alkanes) is 1. The normalized spacial score (nSPS) is 10.8. The molecular weight excluding hydrogens is 124 g/mol. The van der Waals surface area contributed by atoms with Gasteiger partial charge in [-0.15, -0.1) is 0 Å². The van der Waals surface area contributed by atoms with Crippen molar-refractivity contribution < 1.29 is 0 Å². The number of rotatable bonds is 6. The first kappa shape index (κ1) is 9.92. The van der Waals surface area contributed by atoms with Crippen LogP contribution in [0.15, 0.2) is 0 Å². The Labute approximate surface area is 64.4 Å². The molecule has 0 unspecified atom stereocenters. The standard InChI is InChI=1S/C8H20N2/c1-3-4-7-10(2)8-5-6-9/h3-9H2,1-2H3. The first-order valence-electron chi connectivity index (χ1n) is 4.20. The molecule has 0 bridgehead atoms. The number of nitrogens with zero attached hydrogens (tertiary/aromatic N) is 1. The van der Waals surface area contributed by atoms with Gasteiger partial charge in [0.1, 0.15) is 0 Å². The zero-order valence-electron chi connectivity index (χ0n) is 7.27. The summed E-state index contributed by atoms with van der Waals surface area (Å²) < 4.78 is 0. The van der Waals surface area contributed by atoms with Gasteiger partial charge in [-0.05, 0) is 39.5 Å². The molecule has 2 heteroatoms. The van der Waals surface area contributed by atoms with Crippen LogP contribution in [0.1, 0.15) is 26.2 Å². The average molecular weight is 144 g/mol. The third-order valence-corrected chi connectivity index (χ3v) is 1.64.